The van der Waals surface area contributed by atoms with Crippen molar-refractivity contribution in [2.45, 2.75) is 80.7 Å². The molecule has 1 aromatic rings. The fraction of sp³-hybridized carbons (Fsp3) is 0.720. The molecule has 0 radical (unpaired) electrons. The van der Waals surface area contributed by atoms with Crippen LogP contribution in [-0.2, 0) is 14.8 Å². The van der Waals surface area contributed by atoms with Crippen molar-refractivity contribution >= 4 is 15.9 Å². The van der Waals surface area contributed by atoms with Gasteiger partial charge in [0.1, 0.15) is 16.4 Å². The Bertz CT molecular complexity index is 973. The molecule has 1 unspecified atom stereocenters. The monoisotopic (exact) mass is 476 g/mol. The number of piperidine rings is 1. The molecule has 7 nitrogen and oxygen atoms in total. The third-order valence-corrected chi connectivity index (χ3v) is 10.4. The van der Waals surface area contributed by atoms with Crippen molar-refractivity contribution < 1.29 is 22.7 Å². The maximum atomic E-state index is 13.6. The van der Waals surface area contributed by atoms with Crippen molar-refractivity contribution in [2.24, 2.45) is 17.8 Å². The summed E-state index contributed by atoms with van der Waals surface area (Å²) in [6, 6.07) is 4.43. The quantitative estimate of drug-likeness (QED) is 0.648. The van der Waals surface area contributed by atoms with E-state index in [9.17, 15) is 13.2 Å². The number of hydrogen-bond acceptors (Lipinski definition) is 5. The van der Waals surface area contributed by atoms with Crippen LogP contribution in [0, 0.1) is 17.8 Å². The zero-order valence-electron chi connectivity index (χ0n) is 19.7. The van der Waals surface area contributed by atoms with Gasteiger partial charge in [-0.25, -0.2) is 8.42 Å². The number of methoxy groups -OCH3 is 2. The van der Waals surface area contributed by atoms with Gasteiger partial charge in [0.25, 0.3) is 0 Å². The SMILES string of the molecule is COc1ccc(S(=O)(=O)N2CCCCC2CC(=O)NC23CC4CC(CC(C4)C2)C3)c(OC)c1. The molecule has 1 N–H and O–H groups in total. The van der Waals surface area contributed by atoms with E-state index in [0.29, 0.717) is 18.7 Å². The van der Waals surface area contributed by atoms with Gasteiger partial charge in [0, 0.05) is 30.6 Å². The van der Waals surface area contributed by atoms with Gasteiger partial charge in [-0.1, -0.05) is 6.42 Å². The number of ether oxygens (including phenoxy) is 2. The third kappa shape index (κ3) is 4.36. The van der Waals surface area contributed by atoms with Crippen molar-refractivity contribution in [3.05, 3.63) is 18.2 Å². The standard InChI is InChI=1S/C25H36N2O5S/c1-31-21-6-7-23(22(13-21)32-2)33(29,30)27-8-4-3-5-20(27)12-24(28)26-25-14-17-9-18(15-25)11-19(10-17)16-25/h6-7,13,17-20H,3-5,8-12,14-16H2,1-2H3,(H,26,28). The Morgan fingerprint density at radius 2 is 1.73 bits per heavy atom. The topological polar surface area (TPSA) is 84.9 Å². The predicted octanol–water partition coefficient (Wildman–Crippen LogP) is 3.72. The maximum absolute atomic E-state index is 13.6. The Hall–Kier alpha value is -1.80. The Morgan fingerprint density at radius 1 is 1.06 bits per heavy atom. The van der Waals surface area contributed by atoms with Crippen LogP contribution < -0.4 is 14.8 Å². The zero-order chi connectivity index (χ0) is 23.2. The van der Waals surface area contributed by atoms with E-state index in [1.54, 1.807) is 12.1 Å². The lowest BCUT2D eigenvalue weighted by molar-refractivity contribution is -0.127. The summed E-state index contributed by atoms with van der Waals surface area (Å²) in [4.78, 5) is 13.4. The van der Waals surface area contributed by atoms with E-state index < -0.39 is 10.0 Å². The van der Waals surface area contributed by atoms with Crippen molar-refractivity contribution in [3.63, 3.8) is 0 Å². The minimum atomic E-state index is -3.80. The molecule has 5 aliphatic rings. The Balaban J connectivity index is 1.32. The molecule has 4 bridgehead atoms. The van der Waals surface area contributed by atoms with E-state index >= 15 is 0 Å². The summed E-state index contributed by atoms with van der Waals surface area (Å²) in [5.74, 6) is 3.07. The van der Waals surface area contributed by atoms with Crippen molar-refractivity contribution in [3.8, 4) is 11.5 Å². The first-order valence-electron chi connectivity index (χ1n) is 12.4. The Morgan fingerprint density at radius 3 is 2.33 bits per heavy atom. The number of sulfonamides is 1. The molecule has 0 spiro atoms. The number of carbonyl (C=O) groups is 1. The molecule has 0 aromatic heterocycles. The summed E-state index contributed by atoms with van der Waals surface area (Å²) in [7, 11) is -0.812. The van der Waals surface area contributed by atoms with Crippen LogP contribution in [0.3, 0.4) is 0 Å². The molecule has 1 aromatic carbocycles. The number of amides is 1. The third-order valence-electron chi connectivity index (χ3n) is 8.39. The number of rotatable bonds is 7. The number of nitrogens with zero attached hydrogens (tertiary/aromatic N) is 1. The van der Waals surface area contributed by atoms with Crippen molar-refractivity contribution in [2.75, 3.05) is 20.8 Å². The molecule has 182 valence electrons. The van der Waals surface area contributed by atoms with E-state index in [0.717, 1.165) is 49.9 Å². The van der Waals surface area contributed by atoms with Gasteiger partial charge >= 0.3 is 0 Å². The minimum Gasteiger partial charge on any atom is -0.497 e. The molecule has 1 saturated heterocycles. The molecule has 4 aliphatic carbocycles. The Kier molecular flexibility index (Phi) is 6.10. The van der Waals surface area contributed by atoms with E-state index in [1.807, 2.05) is 0 Å². The molecule has 1 atom stereocenters. The molecule has 33 heavy (non-hydrogen) atoms. The lowest BCUT2D eigenvalue weighted by Gasteiger charge is -2.57. The number of hydrogen-bond donors (Lipinski definition) is 1. The highest BCUT2D eigenvalue weighted by Crippen LogP contribution is 2.55. The summed E-state index contributed by atoms with van der Waals surface area (Å²) >= 11 is 0. The fourth-order valence-corrected chi connectivity index (χ4v) is 9.26. The first kappa shape index (κ1) is 23.0. The zero-order valence-corrected chi connectivity index (χ0v) is 20.5. The van der Waals surface area contributed by atoms with Crippen LogP contribution in [-0.4, -0.2) is 51.0 Å². The normalized spacial score (nSPS) is 33.6. The summed E-state index contributed by atoms with van der Waals surface area (Å²) in [6.07, 6.45) is 9.92. The van der Waals surface area contributed by atoms with Crippen molar-refractivity contribution in [1.82, 2.24) is 9.62 Å². The number of carbonyl (C=O) groups excluding carboxylic acids is 1. The molecule has 4 saturated carbocycles. The second-order valence-electron chi connectivity index (χ2n) is 10.7. The molecular weight excluding hydrogens is 440 g/mol. The van der Waals surface area contributed by atoms with Crippen LogP contribution in [0.4, 0.5) is 0 Å². The molecule has 8 heteroatoms. The molecular formula is C25H36N2O5S. The van der Waals surface area contributed by atoms with E-state index in [4.69, 9.17) is 9.47 Å². The van der Waals surface area contributed by atoms with Gasteiger partial charge in [0.15, 0.2) is 0 Å². The lowest BCUT2D eigenvalue weighted by atomic mass is 9.53. The first-order valence-corrected chi connectivity index (χ1v) is 13.8. The van der Waals surface area contributed by atoms with Gasteiger partial charge < -0.3 is 14.8 Å². The second-order valence-corrected chi connectivity index (χ2v) is 12.6. The van der Waals surface area contributed by atoms with Gasteiger partial charge in [-0.15, -0.1) is 0 Å². The van der Waals surface area contributed by atoms with Crippen LogP contribution in [0.25, 0.3) is 0 Å². The van der Waals surface area contributed by atoms with Crippen LogP contribution in [0.1, 0.15) is 64.2 Å². The Labute approximate surface area is 197 Å². The van der Waals surface area contributed by atoms with Crippen LogP contribution in [0.2, 0.25) is 0 Å². The van der Waals surface area contributed by atoms with Gasteiger partial charge in [-0.2, -0.15) is 4.31 Å². The van der Waals surface area contributed by atoms with Gasteiger partial charge in [-0.05, 0) is 81.3 Å². The molecule has 5 fully saturated rings. The lowest BCUT2D eigenvalue weighted by Crippen LogP contribution is -2.60. The highest BCUT2D eigenvalue weighted by atomic mass is 32.2. The smallest absolute Gasteiger partial charge is 0.247 e. The highest BCUT2D eigenvalue weighted by molar-refractivity contribution is 7.89. The van der Waals surface area contributed by atoms with Crippen LogP contribution in [0.5, 0.6) is 11.5 Å². The minimum absolute atomic E-state index is 0.00532. The molecule has 1 heterocycles. The van der Waals surface area contributed by atoms with Crippen LogP contribution >= 0.6 is 0 Å². The molecule has 6 rings (SSSR count). The van der Waals surface area contributed by atoms with Gasteiger partial charge in [-0.3, -0.25) is 4.79 Å². The van der Waals surface area contributed by atoms with E-state index in [2.05, 4.69) is 5.32 Å². The van der Waals surface area contributed by atoms with Gasteiger partial charge in [0.05, 0.1) is 14.2 Å². The molecule has 1 aliphatic heterocycles. The summed E-state index contributed by atoms with van der Waals surface area (Å²) in [5.41, 5.74) is -0.0522. The summed E-state index contributed by atoms with van der Waals surface area (Å²) < 4.78 is 39.4. The number of nitrogens with one attached hydrogen (secondary N) is 1. The summed E-state index contributed by atoms with van der Waals surface area (Å²) in [5, 5.41) is 3.42. The van der Waals surface area contributed by atoms with E-state index in [-0.39, 0.29) is 34.6 Å². The average Bonchev–Trinajstić information content (AvgIpc) is 2.77. The summed E-state index contributed by atoms with van der Waals surface area (Å²) in [6.45, 7) is 0.423. The second kappa shape index (κ2) is 8.77. The average molecular weight is 477 g/mol. The molecule has 1 amide bonds. The fourth-order valence-electron chi connectivity index (χ4n) is 7.43. The number of benzene rings is 1. The first-order chi connectivity index (χ1) is 15.8. The van der Waals surface area contributed by atoms with E-state index in [1.165, 1.54) is 43.9 Å². The largest absolute Gasteiger partial charge is 0.497 e. The maximum Gasteiger partial charge on any atom is 0.247 e. The predicted molar refractivity (Wildman–Crippen MR) is 125 cm³/mol. The van der Waals surface area contributed by atoms with Crippen LogP contribution in [0.15, 0.2) is 23.1 Å². The van der Waals surface area contributed by atoms with Gasteiger partial charge in [0.2, 0.25) is 15.9 Å². The van der Waals surface area contributed by atoms with Crippen molar-refractivity contribution in [1.29, 1.82) is 0 Å². The highest BCUT2D eigenvalue weighted by Gasteiger charge is 2.51.